The van der Waals surface area contributed by atoms with Crippen molar-refractivity contribution in [1.29, 1.82) is 0 Å². The fourth-order valence-electron chi connectivity index (χ4n) is 1.71. The maximum absolute atomic E-state index is 13.3. The molecule has 0 spiro atoms. The molecular formula is C12H8F21NO3S. The van der Waals surface area contributed by atoms with E-state index < -0.39 is 68.9 Å². The molecular weight excluding hydrogens is 637 g/mol. The molecule has 0 fully saturated rings. The molecule has 0 rings (SSSR count). The highest BCUT2D eigenvalue weighted by molar-refractivity contribution is 7.87. The van der Waals surface area contributed by atoms with Crippen LogP contribution in [0.3, 0.4) is 0 Å². The Morgan fingerprint density at radius 2 is 0.579 bits per heavy atom. The van der Waals surface area contributed by atoms with Crippen LogP contribution < -0.4 is 5.32 Å². The van der Waals surface area contributed by atoms with Crippen molar-refractivity contribution in [3.05, 3.63) is 0 Å². The van der Waals surface area contributed by atoms with E-state index in [1.807, 2.05) is 14.1 Å². The predicted molar refractivity (Wildman–Crippen MR) is 77.1 cm³/mol. The SMILES string of the molecule is CNC.O=S(=O)(O)C(F)(F)C(F)(F)C(F)(F)C(F)(F)C(F)(F)C(F)(F)C(F)(F)C(F)(F)C(F)(F)C(F)(F)F. The monoisotopic (exact) mass is 645 g/mol. The van der Waals surface area contributed by atoms with Crippen LogP contribution in [-0.2, 0) is 10.1 Å². The van der Waals surface area contributed by atoms with Gasteiger partial charge in [-0.25, -0.2) is 0 Å². The Labute approximate surface area is 194 Å². The summed E-state index contributed by atoms with van der Waals surface area (Å²) in [5.41, 5.74) is 0. The van der Waals surface area contributed by atoms with Gasteiger partial charge in [0, 0.05) is 0 Å². The first-order valence-electron chi connectivity index (χ1n) is 7.94. The van der Waals surface area contributed by atoms with Crippen LogP contribution in [0.25, 0.3) is 0 Å². The molecule has 232 valence electrons. The molecule has 2 N–H and O–H groups in total. The summed E-state index contributed by atoms with van der Waals surface area (Å²) >= 11 is 0. The Balaban J connectivity index is 0. The Kier molecular flexibility index (Phi) is 9.94. The van der Waals surface area contributed by atoms with Crippen LogP contribution in [0, 0.1) is 0 Å². The molecule has 0 amide bonds. The van der Waals surface area contributed by atoms with Crippen LogP contribution in [-0.4, -0.2) is 85.9 Å². The Morgan fingerprint density at radius 3 is 0.737 bits per heavy atom. The van der Waals surface area contributed by atoms with Crippen LogP contribution in [0.15, 0.2) is 0 Å². The van der Waals surface area contributed by atoms with E-state index in [-0.39, 0.29) is 0 Å². The molecule has 0 saturated carbocycles. The van der Waals surface area contributed by atoms with Crippen molar-refractivity contribution in [3.63, 3.8) is 0 Å². The van der Waals surface area contributed by atoms with E-state index in [9.17, 15) is 101 Å². The van der Waals surface area contributed by atoms with Crippen molar-refractivity contribution in [1.82, 2.24) is 5.32 Å². The van der Waals surface area contributed by atoms with Crippen LogP contribution in [0.1, 0.15) is 0 Å². The largest absolute Gasteiger partial charge is 0.460 e. The van der Waals surface area contributed by atoms with E-state index >= 15 is 0 Å². The molecule has 0 aliphatic heterocycles. The molecule has 4 nitrogen and oxygen atoms in total. The van der Waals surface area contributed by atoms with Crippen LogP contribution in [0.4, 0.5) is 92.2 Å². The van der Waals surface area contributed by atoms with Gasteiger partial charge in [0.25, 0.3) is 0 Å². The van der Waals surface area contributed by atoms with E-state index in [2.05, 4.69) is 5.32 Å². The molecule has 38 heavy (non-hydrogen) atoms. The van der Waals surface area contributed by atoms with Crippen molar-refractivity contribution in [2.45, 2.75) is 58.8 Å². The molecule has 0 heterocycles. The number of rotatable bonds is 9. The average molecular weight is 645 g/mol. The highest BCUT2D eigenvalue weighted by atomic mass is 32.2. The van der Waals surface area contributed by atoms with E-state index in [0.29, 0.717) is 0 Å². The standard InChI is InChI=1S/C10HF21O3S.C2H7N/c11-1(12,3(15,16)5(19,20)7(23,24)9(27,28)29)2(13,14)4(17,18)6(21,22)8(25,26)10(30,31)35(32,33)34;1-3-2/h(H,32,33,34);3H,1-2H3. The third kappa shape index (κ3) is 4.91. The second-order valence-corrected chi connectivity index (χ2v) is 8.05. The molecule has 0 aromatic rings. The molecule has 0 saturated heterocycles. The van der Waals surface area contributed by atoms with Crippen LogP contribution >= 0.6 is 0 Å². The molecule has 0 aromatic heterocycles. The fourth-order valence-corrected chi connectivity index (χ4v) is 2.16. The molecule has 0 bridgehead atoms. The van der Waals surface area contributed by atoms with E-state index in [1.54, 1.807) is 0 Å². The summed E-state index contributed by atoms with van der Waals surface area (Å²) in [5.74, 6) is -72.6. The topological polar surface area (TPSA) is 66.4 Å². The van der Waals surface area contributed by atoms with E-state index in [4.69, 9.17) is 4.55 Å². The van der Waals surface area contributed by atoms with Crippen molar-refractivity contribution in [2.75, 3.05) is 14.1 Å². The number of nitrogens with one attached hydrogen (secondary N) is 1. The van der Waals surface area contributed by atoms with Crippen molar-refractivity contribution in [2.24, 2.45) is 0 Å². The number of hydrogen-bond donors (Lipinski definition) is 2. The molecule has 0 aliphatic carbocycles. The molecule has 0 aromatic carbocycles. The maximum Gasteiger partial charge on any atom is 0.460 e. The van der Waals surface area contributed by atoms with Gasteiger partial charge in [-0.2, -0.15) is 101 Å². The van der Waals surface area contributed by atoms with Gasteiger partial charge in [0.1, 0.15) is 0 Å². The minimum atomic E-state index is -9.38. The summed E-state index contributed by atoms with van der Waals surface area (Å²) in [6.07, 6.45) is -8.08. The molecule has 0 unspecified atom stereocenters. The lowest BCUT2D eigenvalue weighted by Gasteiger charge is -2.44. The zero-order valence-corrected chi connectivity index (χ0v) is 17.9. The van der Waals surface area contributed by atoms with Crippen LogP contribution in [0.2, 0.25) is 0 Å². The normalized spacial score (nSPS) is 16.2. The van der Waals surface area contributed by atoms with Gasteiger partial charge in [-0.3, -0.25) is 4.55 Å². The summed E-state index contributed by atoms with van der Waals surface area (Å²) in [7, 11) is -4.34. The van der Waals surface area contributed by atoms with Crippen molar-refractivity contribution < 1.29 is 105 Å². The maximum atomic E-state index is 13.3. The van der Waals surface area contributed by atoms with Crippen molar-refractivity contribution >= 4 is 10.1 Å². The van der Waals surface area contributed by atoms with Gasteiger partial charge in [-0.15, -0.1) is 0 Å². The molecule has 0 atom stereocenters. The number of alkyl halides is 21. The van der Waals surface area contributed by atoms with Gasteiger partial charge < -0.3 is 5.32 Å². The summed E-state index contributed by atoms with van der Waals surface area (Å²) in [5, 5.41) is -5.31. The number of halogens is 21. The molecule has 0 aliphatic rings. The van der Waals surface area contributed by atoms with Gasteiger partial charge in [0.05, 0.1) is 0 Å². The zero-order chi connectivity index (χ0) is 32.2. The number of hydrogen-bond acceptors (Lipinski definition) is 3. The zero-order valence-electron chi connectivity index (χ0n) is 17.1. The highest BCUT2D eigenvalue weighted by Gasteiger charge is 2.98. The lowest BCUT2D eigenvalue weighted by Crippen LogP contribution is -2.77. The second kappa shape index (κ2) is 9.79. The summed E-state index contributed by atoms with van der Waals surface area (Å²) in [4.78, 5) is 0. The second-order valence-electron chi connectivity index (χ2n) is 6.58. The lowest BCUT2D eigenvalue weighted by atomic mass is 9.87. The summed E-state index contributed by atoms with van der Waals surface area (Å²) in [6.45, 7) is 0. The first-order valence-corrected chi connectivity index (χ1v) is 9.38. The first-order chi connectivity index (χ1) is 15.9. The summed E-state index contributed by atoms with van der Waals surface area (Å²) < 4.78 is 298. The fraction of sp³-hybridized carbons (Fsp3) is 1.00. The minimum Gasteiger partial charge on any atom is -0.323 e. The highest BCUT2D eigenvalue weighted by Crippen LogP contribution is 2.66. The van der Waals surface area contributed by atoms with E-state index in [0.717, 1.165) is 0 Å². The minimum absolute atomic E-state index is 1.88. The van der Waals surface area contributed by atoms with Gasteiger partial charge in [0.15, 0.2) is 0 Å². The van der Waals surface area contributed by atoms with E-state index in [1.165, 1.54) is 0 Å². The quantitative estimate of drug-likeness (QED) is 0.241. The van der Waals surface area contributed by atoms with Crippen molar-refractivity contribution in [3.8, 4) is 0 Å². The predicted octanol–water partition coefficient (Wildman–Crippen LogP) is 5.95. The average Bonchev–Trinajstić information content (AvgIpc) is 2.65. The molecule has 0 radical (unpaired) electrons. The first kappa shape index (κ1) is 38.5. The van der Waals surface area contributed by atoms with Gasteiger partial charge >= 0.3 is 68.9 Å². The van der Waals surface area contributed by atoms with Gasteiger partial charge in [-0.1, -0.05) is 0 Å². The third-order valence-corrected chi connectivity index (χ3v) is 4.71. The third-order valence-electron chi connectivity index (χ3n) is 3.81. The Bertz CT molecular complexity index is 938. The Hall–Kier alpha value is -1.60. The smallest absolute Gasteiger partial charge is 0.323 e. The lowest BCUT2D eigenvalue weighted by molar-refractivity contribution is -0.472. The summed E-state index contributed by atoms with van der Waals surface area (Å²) in [6, 6.07) is 0. The van der Waals surface area contributed by atoms with Gasteiger partial charge in [0.2, 0.25) is 0 Å². The van der Waals surface area contributed by atoms with Gasteiger partial charge in [-0.05, 0) is 14.1 Å². The Morgan fingerprint density at radius 1 is 0.421 bits per heavy atom. The van der Waals surface area contributed by atoms with Crippen LogP contribution in [0.5, 0.6) is 0 Å². The molecule has 26 heteroatoms.